The molecule has 2 saturated heterocycles. The second-order valence-corrected chi connectivity index (χ2v) is 9.69. The fraction of sp³-hybridized carbons (Fsp3) is 1.00. The topological polar surface area (TPSA) is 24.9 Å². The summed E-state index contributed by atoms with van der Waals surface area (Å²) in [5.74, 6) is -2.63. The summed E-state index contributed by atoms with van der Waals surface area (Å²) in [6.45, 7) is 13.6. The van der Waals surface area contributed by atoms with Gasteiger partial charge < -0.3 is 9.47 Å². The Labute approximate surface area is 162 Å². The second-order valence-electron chi connectivity index (χ2n) is 9.69. The van der Waals surface area contributed by atoms with Crippen molar-refractivity contribution in [2.45, 2.75) is 70.8 Å². The van der Waals surface area contributed by atoms with Crippen LogP contribution in [0.2, 0.25) is 0 Å². The molecule has 0 aliphatic carbocycles. The van der Waals surface area contributed by atoms with Crippen molar-refractivity contribution in [3.63, 3.8) is 0 Å². The molecule has 4 nitrogen and oxygen atoms in total. The molecule has 0 bridgehead atoms. The molecule has 7 heteroatoms. The van der Waals surface area contributed by atoms with Crippen molar-refractivity contribution in [2.75, 3.05) is 52.5 Å². The first kappa shape index (κ1) is 22.9. The lowest BCUT2D eigenvalue weighted by Crippen LogP contribution is -2.35. The monoisotopic (exact) mass is 394 g/mol. The van der Waals surface area contributed by atoms with Crippen molar-refractivity contribution < 1.29 is 22.6 Å². The summed E-state index contributed by atoms with van der Waals surface area (Å²) in [6.07, 6.45) is -0.308. The molecule has 2 heterocycles. The molecular weight excluding hydrogens is 357 g/mol. The minimum atomic E-state index is -2.57. The van der Waals surface area contributed by atoms with Gasteiger partial charge in [0.2, 0.25) is 0 Å². The van der Waals surface area contributed by atoms with Crippen LogP contribution < -0.4 is 0 Å². The molecule has 0 aromatic heterocycles. The molecule has 2 rings (SSSR count). The van der Waals surface area contributed by atoms with Crippen LogP contribution in [-0.2, 0) is 9.47 Å². The quantitative estimate of drug-likeness (QED) is 0.597. The molecule has 2 atom stereocenters. The van der Waals surface area contributed by atoms with Crippen LogP contribution in [0.3, 0.4) is 0 Å². The van der Waals surface area contributed by atoms with Crippen LogP contribution in [0.4, 0.5) is 13.2 Å². The first-order chi connectivity index (χ1) is 12.4. The fourth-order valence-electron chi connectivity index (χ4n) is 3.91. The first-order valence-corrected chi connectivity index (χ1v) is 10.1. The van der Waals surface area contributed by atoms with E-state index in [2.05, 4.69) is 4.90 Å². The number of ether oxygens (including phenoxy) is 2. The van der Waals surface area contributed by atoms with E-state index in [1.807, 2.05) is 34.6 Å². The Morgan fingerprint density at radius 2 is 1.59 bits per heavy atom. The smallest absolute Gasteiger partial charge is 0.261 e. The Balaban J connectivity index is 1.68. The van der Waals surface area contributed by atoms with Crippen LogP contribution >= 0.6 is 0 Å². The van der Waals surface area contributed by atoms with Gasteiger partial charge in [0.1, 0.15) is 6.17 Å². The summed E-state index contributed by atoms with van der Waals surface area (Å²) in [7, 11) is 0. The zero-order valence-corrected chi connectivity index (χ0v) is 17.6. The van der Waals surface area contributed by atoms with Gasteiger partial charge in [-0.3, -0.25) is 9.80 Å². The maximum atomic E-state index is 14.5. The SMILES string of the molecule is CC(C)(C)OCCN1CC(F)C(CC(C)(C)OCCN2CCC(F)(F)C2)C1. The highest BCUT2D eigenvalue weighted by atomic mass is 19.3. The molecule has 2 fully saturated rings. The lowest BCUT2D eigenvalue weighted by atomic mass is 9.91. The molecule has 2 unspecified atom stereocenters. The van der Waals surface area contributed by atoms with Gasteiger partial charge in [-0.15, -0.1) is 0 Å². The lowest BCUT2D eigenvalue weighted by molar-refractivity contribution is -0.0471. The first-order valence-electron chi connectivity index (χ1n) is 10.1. The molecule has 160 valence electrons. The maximum absolute atomic E-state index is 14.5. The van der Waals surface area contributed by atoms with E-state index in [1.54, 1.807) is 4.90 Å². The molecule has 0 amide bonds. The third-order valence-corrected chi connectivity index (χ3v) is 5.28. The summed E-state index contributed by atoms with van der Waals surface area (Å²) in [5.41, 5.74) is -0.640. The number of nitrogens with zero attached hydrogens (tertiary/aromatic N) is 2. The van der Waals surface area contributed by atoms with Crippen LogP contribution in [0.5, 0.6) is 0 Å². The van der Waals surface area contributed by atoms with Crippen LogP contribution in [0.1, 0.15) is 47.5 Å². The van der Waals surface area contributed by atoms with Crippen molar-refractivity contribution in [3.8, 4) is 0 Å². The van der Waals surface area contributed by atoms with E-state index in [9.17, 15) is 13.2 Å². The number of alkyl halides is 3. The van der Waals surface area contributed by atoms with E-state index in [-0.39, 0.29) is 24.5 Å². The van der Waals surface area contributed by atoms with E-state index < -0.39 is 17.7 Å². The fourth-order valence-corrected chi connectivity index (χ4v) is 3.91. The van der Waals surface area contributed by atoms with E-state index >= 15 is 0 Å². The standard InChI is InChI=1S/C20H37F3N2O2/c1-18(2,3)26-10-9-25-13-16(17(21)14-25)12-19(4,5)27-11-8-24-7-6-20(22,23)15-24/h16-17H,6-15H2,1-5H3. The minimum Gasteiger partial charge on any atom is -0.375 e. The number of hydrogen-bond donors (Lipinski definition) is 0. The van der Waals surface area contributed by atoms with Gasteiger partial charge in [-0.05, 0) is 41.0 Å². The Hall–Kier alpha value is -0.370. The van der Waals surface area contributed by atoms with Gasteiger partial charge in [-0.25, -0.2) is 13.2 Å². The van der Waals surface area contributed by atoms with Gasteiger partial charge in [0, 0.05) is 45.1 Å². The summed E-state index contributed by atoms with van der Waals surface area (Å²) in [6, 6.07) is 0. The van der Waals surface area contributed by atoms with E-state index in [4.69, 9.17) is 9.47 Å². The third kappa shape index (κ3) is 8.26. The molecule has 0 spiro atoms. The van der Waals surface area contributed by atoms with E-state index in [0.717, 1.165) is 6.54 Å². The molecule has 0 saturated carbocycles. The summed E-state index contributed by atoms with van der Waals surface area (Å²) in [4.78, 5) is 3.85. The number of rotatable bonds is 9. The molecule has 0 N–H and O–H groups in total. The molecule has 2 aliphatic heterocycles. The van der Waals surface area contributed by atoms with Gasteiger partial charge in [-0.1, -0.05) is 0 Å². The molecule has 2 aliphatic rings. The predicted molar refractivity (Wildman–Crippen MR) is 101 cm³/mol. The number of likely N-dealkylation sites (tertiary alicyclic amines) is 2. The summed E-state index contributed by atoms with van der Waals surface area (Å²) < 4.78 is 52.6. The molecule has 0 aromatic carbocycles. The van der Waals surface area contributed by atoms with Gasteiger partial charge in [-0.2, -0.15) is 0 Å². The third-order valence-electron chi connectivity index (χ3n) is 5.28. The highest BCUT2D eigenvalue weighted by Gasteiger charge is 2.39. The Bertz CT molecular complexity index is 469. The maximum Gasteiger partial charge on any atom is 0.261 e. The molecule has 0 radical (unpaired) electrons. The largest absolute Gasteiger partial charge is 0.375 e. The Morgan fingerprint density at radius 3 is 2.19 bits per heavy atom. The van der Waals surface area contributed by atoms with Crippen LogP contribution in [0.15, 0.2) is 0 Å². The molecule has 27 heavy (non-hydrogen) atoms. The average molecular weight is 395 g/mol. The molecule has 0 aromatic rings. The van der Waals surface area contributed by atoms with Gasteiger partial charge >= 0.3 is 0 Å². The highest BCUT2D eigenvalue weighted by Crippen LogP contribution is 2.30. The van der Waals surface area contributed by atoms with Crippen LogP contribution in [0.25, 0.3) is 0 Å². The minimum absolute atomic E-state index is 0.0641. The normalized spacial score (nSPS) is 27.6. The predicted octanol–water partition coefficient (Wildman–Crippen LogP) is 3.60. The summed E-state index contributed by atoms with van der Waals surface area (Å²) >= 11 is 0. The van der Waals surface area contributed by atoms with E-state index in [1.165, 1.54) is 0 Å². The van der Waals surface area contributed by atoms with Gasteiger partial charge in [0.15, 0.2) is 0 Å². The van der Waals surface area contributed by atoms with Crippen molar-refractivity contribution in [2.24, 2.45) is 5.92 Å². The van der Waals surface area contributed by atoms with Crippen molar-refractivity contribution >= 4 is 0 Å². The van der Waals surface area contributed by atoms with Crippen molar-refractivity contribution in [3.05, 3.63) is 0 Å². The Kier molecular flexibility index (Phi) is 7.61. The van der Waals surface area contributed by atoms with Crippen LogP contribution in [0, 0.1) is 5.92 Å². The van der Waals surface area contributed by atoms with Crippen LogP contribution in [-0.4, -0.2) is 85.6 Å². The lowest BCUT2D eigenvalue weighted by Gasteiger charge is -2.30. The van der Waals surface area contributed by atoms with Crippen molar-refractivity contribution in [1.29, 1.82) is 0 Å². The zero-order valence-electron chi connectivity index (χ0n) is 17.6. The van der Waals surface area contributed by atoms with E-state index in [0.29, 0.717) is 45.8 Å². The highest BCUT2D eigenvalue weighted by molar-refractivity contribution is 4.89. The Morgan fingerprint density at radius 1 is 0.963 bits per heavy atom. The zero-order chi connectivity index (χ0) is 20.3. The van der Waals surface area contributed by atoms with Crippen molar-refractivity contribution in [1.82, 2.24) is 9.80 Å². The average Bonchev–Trinajstić information content (AvgIpc) is 2.99. The molecular formula is C20H37F3N2O2. The summed E-state index contributed by atoms with van der Waals surface area (Å²) in [5, 5.41) is 0. The number of hydrogen-bond acceptors (Lipinski definition) is 4. The number of halogens is 3. The van der Waals surface area contributed by atoms with Gasteiger partial charge in [0.25, 0.3) is 5.92 Å². The van der Waals surface area contributed by atoms with Gasteiger partial charge in [0.05, 0.1) is 31.0 Å². The second kappa shape index (κ2) is 8.97.